The molecule has 0 unspecified atom stereocenters. The molecule has 29 heavy (non-hydrogen) atoms. The van der Waals surface area contributed by atoms with Gasteiger partial charge in [-0.15, -0.1) is 0 Å². The van der Waals surface area contributed by atoms with Crippen molar-refractivity contribution >= 4 is 11.0 Å². The zero-order chi connectivity index (χ0) is 20.7. The summed E-state index contributed by atoms with van der Waals surface area (Å²) in [5, 5.41) is 0. The predicted octanol–water partition coefficient (Wildman–Crippen LogP) is 4.54. The van der Waals surface area contributed by atoms with Crippen LogP contribution in [0.2, 0.25) is 0 Å². The minimum Gasteiger partial charge on any atom is -0.496 e. The maximum absolute atomic E-state index is 13.2. The van der Waals surface area contributed by atoms with Crippen LogP contribution in [-0.2, 0) is 0 Å². The SMILES string of the molecule is CC[C@@H](C1CCC1)n1c(=O)c(C)nc2c(-c3c(C)ncc(C)c3OC)nccc21. The summed E-state index contributed by atoms with van der Waals surface area (Å²) in [5.41, 5.74) is 5.40. The van der Waals surface area contributed by atoms with Crippen LogP contribution in [0.25, 0.3) is 22.3 Å². The molecule has 0 spiro atoms. The first-order valence-corrected chi connectivity index (χ1v) is 10.4. The van der Waals surface area contributed by atoms with Crippen LogP contribution in [0.3, 0.4) is 0 Å². The van der Waals surface area contributed by atoms with Crippen molar-refractivity contribution in [3.05, 3.63) is 45.8 Å². The molecule has 1 aliphatic carbocycles. The van der Waals surface area contributed by atoms with Gasteiger partial charge in [0.2, 0.25) is 0 Å². The van der Waals surface area contributed by atoms with E-state index in [-0.39, 0.29) is 11.6 Å². The Bertz CT molecular complexity index is 1130. The number of rotatable bonds is 5. The number of ether oxygens (including phenoxy) is 1. The van der Waals surface area contributed by atoms with E-state index in [1.54, 1.807) is 26.4 Å². The van der Waals surface area contributed by atoms with Gasteiger partial charge in [0.15, 0.2) is 0 Å². The molecule has 0 N–H and O–H groups in total. The fourth-order valence-electron chi connectivity index (χ4n) is 4.53. The van der Waals surface area contributed by atoms with E-state index in [9.17, 15) is 4.79 Å². The number of pyridine rings is 2. The number of aromatic nitrogens is 4. The smallest absolute Gasteiger partial charge is 0.272 e. The highest BCUT2D eigenvalue weighted by Crippen LogP contribution is 2.40. The topological polar surface area (TPSA) is 69.9 Å². The largest absolute Gasteiger partial charge is 0.496 e. The zero-order valence-corrected chi connectivity index (χ0v) is 17.8. The molecule has 4 rings (SSSR count). The number of methoxy groups -OCH3 is 1. The molecule has 0 saturated heterocycles. The molecule has 1 aliphatic rings. The molecule has 0 aromatic carbocycles. The number of nitrogens with zero attached hydrogens (tertiary/aromatic N) is 4. The molecule has 0 bridgehead atoms. The van der Waals surface area contributed by atoms with Gasteiger partial charge in [-0.1, -0.05) is 13.3 Å². The molecule has 6 heteroatoms. The molecule has 1 atom stereocenters. The highest BCUT2D eigenvalue weighted by molar-refractivity contribution is 5.92. The van der Waals surface area contributed by atoms with Crippen molar-refractivity contribution in [3.8, 4) is 17.0 Å². The molecule has 0 amide bonds. The summed E-state index contributed by atoms with van der Waals surface area (Å²) in [7, 11) is 1.66. The first kappa shape index (κ1) is 19.6. The summed E-state index contributed by atoms with van der Waals surface area (Å²) in [4.78, 5) is 27.0. The van der Waals surface area contributed by atoms with Gasteiger partial charge in [-0.2, -0.15) is 0 Å². The monoisotopic (exact) mass is 392 g/mol. The van der Waals surface area contributed by atoms with Gasteiger partial charge in [0, 0.05) is 24.0 Å². The fourth-order valence-corrected chi connectivity index (χ4v) is 4.53. The number of fused-ring (bicyclic) bond motifs is 1. The van der Waals surface area contributed by atoms with E-state index in [1.165, 1.54) is 19.3 Å². The lowest BCUT2D eigenvalue weighted by atomic mass is 9.78. The lowest BCUT2D eigenvalue weighted by molar-refractivity contribution is 0.203. The molecule has 3 aromatic rings. The molecule has 0 radical (unpaired) electrons. The van der Waals surface area contributed by atoms with Crippen LogP contribution in [-0.4, -0.2) is 26.6 Å². The predicted molar refractivity (Wildman–Crippen MR) is 114 cm³/mol. The Hall–Kier alpha value is -2.76. The van der Waals surface area contributed by atoms with Gasteiger partial charge in [-0.3, -0.25) is 14.8 Å². The Balaban J connectivity index is 2.06. The summed E-state index contributed by atoms with van der Waals surface area (Å²) in [6.45, 7) is 7.88. The van der Waals surface area contributed by atoms with Crippen LogP contribution in [0.1, 0.15) is 55.6 Å². The minimum atomic E-state index is -0.000505. The van der Waals surface area contributed by atoms with Gasteiger partial charge in [0.05, 0.1) is 23.9 Å². The first-order valence-electron chi connectivity index (χ1n) is 10.4. The Kier molecular flexibility index (Phi) is 5.11. The van der Waals surface area contributed by atoms with Crippen LogP contribution in [0.5, 0.6) is 5.75 Å². The molecular formula is C23H28N4O2. The van der Waals surface area contributed by atoms with Gasteiger partial charge < -0.3 is 9.30 Å². The third-order valence-electron chi connectivity index (χ3n) is 6.25. The molecule has 152 valence electrons. The third-order valence-corrected chi connectivity index (χ3v) is 6.25. The second-order valence-corrected chi connectivity index (χ2v) is 8.00. The molecule has 6 nitrogen and oxygen atoms in total. The number of hydrogen-bond donors (Lipinski definition) is 0. The van der Waals surface area contributed by atoms with Crippen molar-refractivity contribution in [1.29, 1.82) is 0 Å². The van der Waals surface area contributed by atoms with Crippen LogP contribution in [0.15, 0.2) is 23.3 Å². The summed E-state index contributed by atoms with van der Waals surface area (Å²) >= 11 is 0. The van der Waals surface area contributed by atoms with Crippen LogP contribution < -0.4 is 10.3 Å². The minimum absolute atomic E-state index is 0.000505. The van der Waals surface area contributed by atoms with Crippen molar-refractivity contribution < 1.29 is 4.74 Å². The van der Waals surface area contributed by atoms with E-state index in [1.807, 2.05) is 24.5 Å². The van der Waals surface area contributed by atoms with Crippen LogP contribution in [0.4, 0.5) is 0 Å². The van der Waals surface area contributed by atoms with E-state index in [0.717, 1.165) is 40.0 Å². The Morgan fingerprint density at radius 2 is 1.97 bits per heavy atom. The highest BCUT2D eigenvalue weighted by Gasteiger charge is 2.30. The highest BCUT2D eigenvalue weighted by atomic mass is 16.5. The fraction of sp³-hybridized carbons (Fsp3) is 0.478. The van der Waals surface area contributed by atoms with Gasteiger partial charge in [-0.05, 0) is 52.0 Å². The molecular weight excluding hydrogens is 364 g/mol. The zero-order valence-electron chi connectivity index (χ0n) is 17.8. The third kappa shape index (κ3) is 3.11. The van der Waals surface area contributed by atoms with E-state index < -0.39 is 0 Å². The second kappa shape index (κ2) is 7.58. The van der Waals surface area contributed by atoms with E-state index >= 15 is 0 Å². The van der Waals surface area contributed by atoms with Crippen molar-refractivity contribution in [2.45, 2.75) is 59.4 Å². The molecule has 1 fully saturated rings. The van der Waals surface area contributed by atoms with E-state index in [4.69, 9.17) is 9.72 Å². The number of hydrogen-bond acceptors (Lipinski definition) is 5. The van der Waals surface area contributed by atoms with Crippen LogP contribution in [0, 0.1) is 26.7 Å². The lowest BCUT2D eigenvalue weighted by Crippen LogP contribution is -2.34. The lowest BCUT2D eigenvalue weighted by Gasteiger charge is -2.35. The first-order chi connectivity index (χ1) is 14.0. The summed E-state index contributed by atoms with van der Waals surface area (Å²) in [6.07, 6.45) is 8.10. The van der Waals surface area contributed by atoms with Gasteiger partial charge in [0.25, 0.3) is 5.56 Å². The quantitative estimate of drug-likeness (QED) is 0.638. The summed E-state index contributed by atoms with van der Waals surface area (Å²) in [5.74, 6) is 1.30. The van der Waals surface area contributed by atoms with Crippen molar-refractivity contribution in [2.24, 2.45) is 5.92 Å². The van der Waals surface area contributed by atoms with Crippen molar-refractivity contribution in [2.75, 3.05) is 7.11 Å². The van der Waals surface area contributed by atoms with E-state index in [0.29, 0.717) is 17.3 Å². The normalized spacial score (nSPS) is 15.3. The van der Waals surface area contributed by atoms with Crippen LogP contribution >= 0.6 is 0 Å². The van der Waals surface area contributed by atoms with Gasteiger partial charge in [0.1, 0.15) is 22.7 Å². The van der Waals surface area contributed by atoms with Gasteiger partial charge in [-0.25, -0.2) is 4.98 Å². The standard InChI is InChI=1S/C23H28N4O2/c1-6-17(16-8-7-9-16)27-18-10-11-24-21(20(18)26-15(4)23(27)28)19-14(3)25-12-13(2)22(19)29-5/h10-12,16-17H,6-9H2,1-5H3/t17-/m0/s1. The Labute approximate surface area is 171 Å². The Morgan fingerprint density at radius 1 is 1.21 bits per heavy atom. The maximum Gasteiger partial charge on any atom is 0.272 e. The average molecular weight is 393 g/mol. The van der Waals surface area contributed by atoms with Crippen molar-refractivity contribution in [3.63, 3.8) is 0 Å². The molecule has 3 aromatic heterocycles. The molecule has 1 saturated carbocycles. The molecule has 3 heterocycles. The summed E-state index contributed by atoms with van der Waals surface area (Å²) < 4.78 is 7.67. The summed E-state index contributed by atoms with van der Waals surface area (Å²) in [6, 6.07) is 2.10. The molecule has 0 aliphatic heterocycles. The van der Waals surface area contributed by atoms with Crippen molar-refractivity contribution in [1.82, 2.24) is 19.5 Å². The average Bonchev–Trinajstić information content (AvgIpc) is 2.67. The van der Waals surface area contributed by atoms with E-state index in [2.05, 4.69) is 16.9 Å². The maximum atomic E-state index is 13.2. The Morgan fingerprint density at radius 3 is 2.59 bits per heavy atom. The van der Waals surface area contributed by atoms with Gasteiger partial charge >= 0.3 is 0 Å². The number of aryl methyl sites for hydroxylation is 3. The second-order valence-electron chi connectivity index (χ2n) is 8.00.